The van der Waals surface area contributed by atoms with Crippen LogP contribution in [-0.2, 0) is 0 Å². The van der Waals surface area contributed by atoms with E-state index in [2.05, 4.69) is 260 Å². The summed E-state index contributed by atoms with van der Waals surface area (Å²) in [6, 6.07) is 93.7. The molecule has 0 atom stereocenters. The van der Waals surface area contributed by atoms with Gasteiger partial charge in [0.2, 0.25) is 0 Å². The fourth-order valence-electron chi connectivity index (χ4n) is 11.1. The fraction of sp³-hybridized carbons (Fsp3) is 0. The Balaban J connectivity index is 0.921. The Morgan fingerprint density at radius 1 is 0.304 bits per heavy atom. The molecule has 1 aliphatic heterocycles. The molecule has 0 saturated heterocycles. The number of hydrogen-bond acceptors (Lipinski definition) is 2. The third-order valence-electron chi connectivity index (χ3n) is 14.3. The van der Waals surface area contributed by atoms with Gasteiger partial charge in [-0.15, -0.1) is 0 Å². The molecule has 2 heterocycles. The highest BCUT2D eigenvalue weighted by Gasteiger charge is 2.34. The second-order valence-corrected chi connectivity index (χ2v) is 20.6. The first kappa shape index (κ1) is 39.4. The monoisotopic (exact) mass is 892 g/mol. The predicted octanol–water partition coefficient (Wildman–Crippen LogP) is 16.0. The van der Waals surface area contributed by atoms with Crippen molar-refractivity contribution in [3.05, 3.63) is 255 Å². The van der Waals surface area contributed by atoms with Gasteiger partial charge in [-0.3, -0.25) is 0 Å². The van der Waals surface area contributed by atoms with Gasteiger partial charge in [0, 0.05) is 33.2 Å². The zero-order valence-electron chi connectivity index (χ0n) is 37.6. The number of furan rings is 1. The van der Waals surface area contributed by atoms with Crippen LogP contribution >= 0.6 is 0 Å². The van der Waals surface area contributed by atoms with Gasteiger partial charge in [-0.1, -0.05) is 205 Å². The van der Waals surface area contributed by atoms with Crippen LogP contribution in [0.5, 0.6) is 0 Å². The van der Waals surface area contributed by atoms with Crippen molar-refractivity contribution in [3.8, 4) is 44.5 Å². The number of benzene rings is 12. The Morgan fingerprint density at radius 2 is 0.855 bits per heavy atom. The third kappa shape index (κ3) is 6.47. The molecule has 1 aromatic heterocycles. The average molecular weight is 893 g/mol. The molecule has 3 heteroatoms. The lowest BCUT2D eigenvalue weighted by Crippen LogP contribution is -2.48. The number of nitrogens with zero attached hydrogens (tertiary/aromatic N) is 1. The van der Waals surface area contributed by atoms with Crippen molar-refractivity contribution in [2.24, 2.45) is 0 Å². The molecular weight excluding hydrogens is 851 g/mol. The van der Waals surface area contributed by atoms with Crippen molar-refractivity contribution in [1.29, 1.82) is 0 Å². The van der Waals surface area contributed by atoms with Crippen LogP contribution in [0.15, 0.2) is 259 Å². The summed E-state index contributed by atoms with van der Waals surface area (Å²) in [7, 11) is -1.30. The van der Waals surface area contributed by atoms with E-state index in [0.717, 1.165) is 33.6 Å². The molecule has 0 unspecified atom stereocenters. The van der Waals surface area contributed by atoms with Crippen LogP contribution in [-0.4, -0.2) is 8.80 Å². The molecule has 12 aromatic carbocycles. The second-order valence-electron chi connectivity index (χ2n) is 18.2. The van der Waals surface area contributed by atoms with Crippen LogP contribution in [0.2, 0.25) is 0 Å². The first-order valence-corrected chi connectivity index (χ1v) is 25.2. The largest absolute Gasteiger partial charge is 0.456 e. The lowest BCUT2D eigenvalue weighted by molar-refractivity contribution is 0.669. The SMILES string of the molecule is c1ccc([Si]2c3ccc(-c4cccc(N(c5ccc(-c6cccc7ccccc67)cc5)c5ccc(-c6cccc7ccccc67)cc5)c4)cc3-c3c2ccc2ccc4oc5ccccc5c4c32)cc1. The van der Waals surface area contributed by atoms with Crippen LogP contribution < -0.4 is 20.5 Å². The van der Waals surface area contributed by atoms with Crippen LogP contribution in [0.3, 0.4) is 0 Å². The molecule has 321 valence electrons. The lowest BCUT2D eigenvalue weighted by Gasteiger charge is -2.26. The summed E-state index contributed by atoms with van der Waals surface area (Å²) < 4.78 is 6.52. The van der Waals surface area contributed by atoms with Crippen molar-refractivity contribution in [1.82, 2.24) is 0 Å². The van der Waals surface area contributed by atoms with Gasteiger partial charge in [-0.05, 0) is 136 Å². The molecule has 13 aromatic rings. The molecule has 0 N–H and O–H groups in total. The molecular formula is C66H42NOSi. The average Bonchev–Trinajstić information content (AvgIpc) is 3.97. The van der Waals surface area contributed by atoms with Gasteiger partial charge in [0.25, 0.3) is 0 Å². The Bertz CT molecular complexity index is 4000. The summed E-state index contributed by atoms with van der Waals surface area (Å²) >= 11 is 0. The standard InChI is InChI=1S/C66H42NOSi/c1-2-19-53(20-3-1)69-62-39-33-49(42-59(62)66-63(69)40-32-47-31-38-61-65(64(47)66)58-23-8-9-26-60(58)68-61)48-17-10-18-52(41-48)67(50-34-27-45(28-35-50)56-24-11-15-43-13-4-6-21-54(43)56)51-36-29-46(30-37-51)57-25-12-16-44-14-5-7-22-55(44)57/h1-42H. The van der Waals surface area contributed by atoms with E-state index >= 15 is 0 Å². The third-order valence-corrected chi connectivity index (χ3v) is 17.1. The summed E-state index contributed by atoms with van der Waals surface area (Å²) in [4.78, 5) is 2.40. The Hall–Kier alpha value is -8.76. The van der Waals surface area contributed by atoms with E-state index in [4.69, 9.17) is 4.42 Å². The molecule has 0 fully saturated rings. The summed E-state index contributed by atoms with van der Waals surface area (Å²) in [5.41, 5.74) is 15.0. The normalized spacial score (nSPS) is 12.3. The van der Waals surface area contributed by atoms with Gasteiger partial charge in [-0.25, -0.2) is 0 Å². The predicted molar refractivity (Wildman–Crippen MR) is 294 cm³/mol. The maximum atomic E-state index is 6.52. The molecule has 0 spiro atoms. The highest BCUT2D eigenvalue weighted by molar-refractivity contribution is 6.99. The van der Waals surface area contributed by atoms with E-state index in [1.807, 2.05) is 0 Å². The van der Waals surface area contributed by atoms with E-state index in [1.54, 1.807) is 0 Å². The first-order valence-electron chi connectivity index (χ1n) is 23.7. The molecule has 69 heavy (non-hydrogen) atoms. The quantitative estimate of drug-likeness (QED) is 0.148. The molecule has 14 rings (SSSR count). The molecule has 1 aliphatic rings. The molecule has 1 radical (unpaired) electrons. The van der Waals surface area contributed by atoms with Gasteiger partial charge >= 0.3 is 0 Å². The number of anilines is 3. The second kappa shape index (κ2) is 15.9. The molecule has 0 bridgehead atoms. The number of hydrogen-bond donors (Lipinski definition) is 0. The van der Waals surface area contributed by atoms with Crippen LogP contribution in [0.4, 0.5) is 17.1 Å². The van der Waals surface area contributed by atoms with Crippen molar-refractivity contribution in [2.75, 3.05) is 4.90 Å². The molecule has 0 amide bonds. The summed E-state index contributed by atoms with van der Waals surface area (Å²) in [6.45, 7) is 0. The van der Waals surface area contributed by atoms with Crippen LogP contribution in [0, 0.1) is 0 Å². The summed E-state index contributed by atoms with van der Waals surface area (Å²) in [5.74, 6) is 0. The van der Waals surface area contributed by atoms with E-state index in [0.29, 0.717) is 0 Å². The first-order chi connectivity index (χ1) is 34.2. The van der Waals surface area contributed by atoms with E-state index in [-0.39, 0.29) is 0 Å². The maximum Gasteiger partial charge on any atom is 0.156 e. The van der Waals surface area contributed by atoms with Crippen molar-refractivity contribution >= 4 is 95.7 Å². The fourth-order valence-corrected chi connectivity index (χ4v) is 14.1. The molecule has 2 nitrogen and oxygen atoms in total. The zero-order chi connectivity index (χ0) is 45.4. The minimum atomic E-state index is -1.30. The number of para-hydroxylation sites is 1. The van der Waals surface area contributed by atoms with Crippen molar-refractivity contribution in [3.63, 3.8) is 0 Å². The number of fused-ring (bicyclic) bond motifs is 11. The van der Waals surface area contributed by atoms with E-state index in [9.17, 15) is 0 Å². The summed E-state index contributed by atoms with van der Waals surface area (Å²) in [6.07, 6.45) is 0. The van der Waals surface area contributed by atoms with Gasteiger partial charge in [0.05, 0.1) is 0 Å². The van der Waals surface area contributed by atoms with Crippen LogP contribution in [0.25, 0.3) is 98.8 Å². The Kier molecular flexibility index (Phi) is 9.11. The van der Waals surface area contributed by atoms with Crippen molar-refractivity contribution in [2.45, 2.75) is 0 Å². The zero-order valence-corrected chi connectivity index (χ0v) is 38.6. The highest BCUT2D eigenvalue weighted by Crippen LogP contribution is 2.43. The van der Waals surface area contributed by atoms with Crippen molar-refractivity contribution < 1.29 is 4.42 Å². The van der Waals surface area contributed by atoms with Gasteiger partial charge in [0.15, 0.2) is 8.80 Å². The topological polar surface area (TPSA) is 16.4 Å². The summed E-state index contributed by atoms with van der Waals surface area (Å²) in [5, 5.41) is 14.1. The van der Waals surface area contributed by atoms with Gasteiger partial charge in [0.1, 0.15) is 11.2 Å². The minimum absolute atomic E-state index is 0.922. The Labute approximate surface area is 402 Å². The van der Waals surface area contributed by atoms with Gasteiger partial charge < -0.3 is 9.32 Å². The molecule has 0 aliphatic carbocycles. The smallest absolute Gasteiger partial charge is 0.156 e. The highest BCUT2D eigenvalue weighted by atomic mass is 28.3. The number of rotatable bonds is 7. The van der Waals surface area contributed by atoms with Gasteiger partial charge in [-0.2, -0.15) is 0 Å². The van der Waals surface area contributed by atoms with Crippen LogP contribution in [0.1, 0.15) is 0 Å². The Morgan fingerprint density at radius 3 is 1.55 bits per heavy atom. The molecule has 0 saturated carbocycles. The van der Waals surface area contributed by atoms with E-state index < -0.39 is 8.80 Å². The minimum Gasteiger partial charge on any atom is -0.456 e. The lowest BCUT2D eigenvalue weighted by atomic mass is 9.92. The van der Waals surface area contributed by atoms with E-state index in [1.165, 1.54) is 97.8 Å². The maximum absolute atomic E-state index is 6.52.